The van der Waals surface area contributed by atoms with Gasteiger partial charge in [-0.15, -0.1) is 0 Å². The van der Waals surface area contributed by atoms with E-state index >= 15 is 0 Å². The van der Waals surface area contributed by atoms with Crippen molar-refractivity contribution in [1.29, 1.82) is 0 Å². The van der Waals surface area contributed by atoms with E-state index in [1.54, 1.807) is 0 Å². The number of hydrogen-bond donors (Lipinski definition) is 2. The average molecular weight is 235 g/mol. The summed E-state index contributed by atoms with van der Waals surface area (Å²) in [6.45, 7) is 3.80. The van der Waals surface area contributed by atoms with Crippen LogP contribution in [0.1, 0.15) is 26.7 Å². The zero-order chi connectivity index (χ0) is 11.8. The molecule has 0 saturated heterocycles. The third kappa shape index (κ3) is 8.11. The normalized spacial score (nSPS) is 14.3. The van der Waals surface area contributed by atoms with E-state index in [0.29, 0.717) is 0 Å². The number of aliphatic carboxylic acids is 1. The smallest absolute Gasteiger partial charge is 0.304 e. The van der Waals surface area contributed by atoms with Gasteiger partial charge in [-0.3, -0.25) is 13.8 Å². The van der Waals surface area contributed by atoms with Crippen LogP contribution in [-0.2, 0) is 20.4 Å². The molecule has 88 valence electrons. The summed E-state index contributed by atoms with van der Waals surface area (Å²) in [5.74, 6) is -1.36. The van der Waals surface area contributed by atoms with Crippen LogP contribution in [0.4, 0.5) is 0 Å². The number of carbonyl (C=O) groups is 2. The molecule has 0 aromatic heterocycles. The van der Waals surface area contributed by atoms with Gasteiger partial charge in [0.2, 0.25) is 5.91 Å². The van der Waals surface area contributed by atoms with Crippen LogP contribution in [0.25, 0.3) is 0 Å². The van der Waals surface area contributed by atoms with Gasteiger partial charge in [-0.2, -0.15) is 0 Å². The van der Waals surface area contributed by atoms with Crippen LogP contribution >= 0.6 is 0 Å². The van der Waals surface area contributed by atoms with Crippen LogP contribution in [0.5, 0.6) is 0 Å². The summed E-state index contributed by atoms with van der Waals surface area (Å²) in [5.41, 5.74) is 0. The lowest BCUT2D eigenvalue weighted by Crippen LogP contribution is -2.35. The molecule has 15 heavy (non-hydrogen) atoms. The summed E-state index contributed by atoms with van der Waals surface area (Å²) in [7, 11) is -1.38. The molecule has 0 heterocycles. The summed E-state index contributed by atoms with van der Waals surface area (Å²) < 4.78 is 11.2. The Hall–Kier alpha value is -0.910. The fraction of sp³-hybridized carbons (Fsp3) is 0.778. The maximum Gasteiger partial charge on any atom is 0.304 e. The Bertz CT molecular complexity index is 254. The fourth-order valence-corrected chi connectivity index (χ4v) is 1.76. The van der Waals surface area contributed by atoms with E-state index in [4.69, 9.17) is 5.11 Å². The molecule has 0 bridgehead atoms. The highest BCUT2D eigenvalue weighted by Gasteiger charge is 2.11. The molecule has 0 rings (SSSR count). The minimum atomic E-state index is -1.38. The van der Waals surface area contributed by atoms with Crippen LogP contribution in [0.15, 0.2) is 0 Å². The van der Waals surface area contributed by atoms with E-state index in [1.807, 2.05) is 13.8 Å². The van der Waals surface area contributed by atoms with Gasteiger partial charge in [0, 0.05) is 22.6 Å². The van der Waals surface area contributed by atoms with Gasteiger partial charge >= 0.3 is 5.97 Å². The number of carboxylic acid groups (broad SMARTS) is 1. The highest BCUT2D eigenvalue weighted by molar-refractivity contribution is 7.85. The van der Waals surface area contributed by atoms with Crippen molar-refractivity contribution in [2.24, 2.45) is 0 Å². The molecule has 0 aliphatic rings. The second-order valence-corrected chi connectivity index (χ2v) is 4.89. The zero-order valence-corrected chi connectivity index (χ0v) is 9.80. The third-order valence-electron chi connectivity index (χ3n) is 1.86. The maximum atomic E-state index is 11.2. The second kappa shape index (κ2) is 7.39. The molecule has 0 aliphatic carbocycles. The molecule has 5 nitrogen and oxygen atoms in total. The summed E-state index contributed by atoms with van der Waals surface area (Å²) >= 11 is 0. The molecule has 0 aliphatic heterocycles. The topological polar surface area (TPSA) is 83.5 Å². The van der Waals surface area contributed by atoms with E-state index in [1.165, 1.54) is 0 Å². The molecule has 0 aromatic carbocycles. The SMILES string of the molecule is CCC(C)NC(=O)CS(=O)CCC(=O)O. The number of nitrogens with one attached hydrogen (secondary N) is 1. The first kappa shape index (κ1) is 14.1. The minimum absolute atomic E-state index is 0.0310. The number of amides is 1. The Morgan fingerprint density at radius 1 is 1.47 bits per heavy atom. The summed E-state index contributed by atoms with van der Waals surface area (Å²) in [6.07, 6.45) is 0.650. The summed E-state index contributed by atoms with van der Waals surface area (Å²) in [6, 6.07) is 0.0639. The number of hydrogen-bond acceptors (Lipinski definition) is 3. The van der Waals surface area contributed by atoms with Crippen LogP contribution in [-0.4, -0.2) is 38.7 Å². The second-order valence-electron chi connectivity index (χ2n) is 3.31. The molecular weight excluding hydrogens is 218 g/mol. The highest BCUT2D eigenvalue weighted by Crippen LogP contribution is 1.91. The summed E-state index contributed by atoms with van der Waals surface area (Å²) in [4.78, 5) is 21.4. The first-order valence-corrected chi connectivity index (χ1v) is 6.30. The van der Waals surface area contributed by atoms with Gasteiger partial charge in [0.15, 0.2) is 0 Å². The van der Waals surface area contributed by atoms with E-state index in [0.717, 1.165) is 6.42 Å². The Morgan fingerprint density at radius 2 is 2.07 bits per heavy atom. The Labute approximate surface area is 91.7 Å². The van der Waals surface area contributed by atoms with Crippen molar-refractivity contribution in [3.05, 3.63) is 0 Å². The number of carbonyl (C=O) groups excluding carboxylic acids is 1. The first-order chi connectivity index (χ1) is 6.95. The lowest BCUT2D eigenvalue weighted by atomic mass is 10.3. The molecule has 6 heteroatoms. The molecule has 2 unspecified atom stereocenters. The molecule has 2 N–H and O–H groups in total. The van der Waals surface area contributed by atoms with Gasteiger partial charge in [-0.1, -0.05) is 6.92 Å². The van der Waals surface area contributed by atoms with Gasteiger partial charge in [0.05, 0.1) is 6.42 Å². The van der Waals surface area contributed by atoms with Gasteiger partial charge in [-0.25, -0.2) is 0 Å². The van der Waals surface area contributed by atoms with E-state index < -0.39 is 16.8 Å². The Kier molecular flexibility index (Phi) is 6.94. The van der Waals surface area contributed by atoms with E-state index in [-0.39, 0.29) is 29.9 Å². The van der Waals surface area contributed by atoms with Crippen molar-refractivity contribution in [3.63, 3.8) is 0 Å². The Morgan fingerprint density at radius 3 is 2.53 bits per heavy atom. The highest BCUT2D eigenvalue weighted by atomic mass is 32.2. The van der Waals surface area contributed by atoms with Gasteiger partial charge < -0.3 is 10.4 Å². The molecular formula is C9H17NO4S. The van der Waals surface area contributed by atoms with Gasteiger partial charge in [0.25, 0.3) is 0 Å². The predicted octanol–water partition coefficient (Wildman–Crippen LogP) is 0.124. The van der Waals surface area contributed by atoms with Gasteiger partial charge in [-0.05, 0) is 13.3 Å². The van der Waals surface area contributed by atoms with Crippen molar-refractivity contribution in [2.45, 2.75) is 32.7 Å². The molecule has 1 amide bonds. The predicted molar refractivity (Wildman–Crippen MR) is 58.0 cm³/mol. The van der Waals surface area contributed by atoms with Crippen molar-refractivity contribution < 1.29 is 18.9 Å². The first-order valence-electron chi connectivity index (χ1n) is 4.81. The summed E-state index contributed by atoms with van der Waals surface area (Å²) in [5, 5.41) is 11.0. The Balaban J connectivity index is 3.76. The third-order valence-corrected chi connectivity index (χ3v) is 3.10. The number of carboxylic acids is 1. The zero-order valence-electron chi connectivity index (χ0n) is 8.99. The fourth-order valence-electron chi connectivity index (χ4n) is 0.838. The molecule has 0 radical (unpaired) electrons. The van der Waals surface area contributed by atoms with Crippen LogP contribution in [0, 0.1) is 0 Å². The van der Waals surface area contributed by atoms with Crippen LogP contribution in [0.3, 0.4) is 0 Å². The molecule has 0 spiro atoms. The lowest BCUT2D eigenvalue weighted by molar-refractivity contribution is -0.136. The number of rotatable bonds is 7. The molecule has 2 atom stereocenters. The van der Waals surface area contributed by atoms with E-state index in [2.05, 4.69) is 5.32 Å². The molecule has 0 fully saturated rings. The minimum Gasteiger partial charge on any atom is -0.481 e. The maximum absolute atomic E-state index is 11.2. The van der Waals surface area contributed by atoms with Gasteiger partial charge in [0.1, 0.15) is 5.75 Å². The van der Waals surface area contributed by atoms with Crippen LogP contribution < -0.4 is 5.32 Å². The van der Waals surface area contributed by atoms with Crippen molar-refractivity contribution in [2.75, 3.05) is 11.5 Å². The van der Waals surface area contributed by atoms with Crippen molar-refractivity contribution >= 4 is 22.7 Å². The monoisotopic (exact) mass is 235 g/mol. The van der Waals surface area contributed by atoms with Crippen molar-refractivity contribution in [1.82, 2.24) is 5.32 Å². The lowest BCUT2D eigenvalue weighted by Gasteiger charge is -2.10. The largest absolute Gasteiger partial charge is 0.481 e. The molecule has 0 saturated carbocycles. The molecule has 0 aromatic rings. The van der Waals surface area contributed by atoms with Crippen molar-refractivity contribution in [3.8, 4) is 0 Å². The quantitative estimate of drug-likeness (QED) is 0.656. The average Bonchev–Trinajstić information content (AvgIpc) is 2.14. The van der Waals surface area contributed by atoms with E-state index in [9.17, 15) is 13.8 Å². The van der Waals surface area contributed by atoms with Crippen LogP contribution in [0.2, 0.25) is 0 Å². The standard InChI is InChI=1S/C9H17NO4S/c1-3-7(2)10-8(11)6-15(14)5-4-9(12)13/h7H,3-6H2,1-2H3,(H,10,11)(H,12,13).